The number of carbonyl (C=O) groups excluding carboxylic acids is 1. The van der Waals surface area contributed by atoms with Gasteiger partial charge in [-0.25, -0.2) is 4.79 Å². The molecule has 68 valence electrons. The first kappa shape index (κ1) is 9.06. The lowest BCUT2D eigenvalue weighted by atomic mass is 10.2. The first-order valence-corrected chi connectivity index (χ1v) is 3.90. The molecule has 4 nitrogen and oxygen atoms in total. The maximum absolute atomic E-state index is 10.8. The third-order valence-corrected chi connectivity index (χ3v) is 1.61. The Hall–Kier alpha value is -1.03. The number of aliphatic hydroxyl groups is 1. The maximum atomic E-state index is 10.8. The van der Waals surface area contributed by atoms with Crippen LogP contribution in [0.15, 0.2) is 12.3 Å². The normalized spacial score (nSPS) is 23.2. The number of rotatable bonds is 2. The van der Waals surface area contributed by atoms with Gasteiger partial charge in [-0.1, -0.05) is 0 Å². The molecular formula is C8H12O4. The second kappa shape index (κ2) is 4.11. The van der Waals surface area contributed by atoms with E-state index >= 15 is 0 Å². The van der Waals surface area contributed by atoms with Gasteiger partial charge in [0.2, 0.25) is 6.29 Å². The summed E-state index contributed by atoms with van der Waals surface area (Å²) in [6.07, 6.45) is 2.17. The molecule has 0 bridgehead atoms. The summed E-state index contributed by atoms with van der Waals surface area (Å²) in [5.41, 5.74) is 0. The Balaban J connectivity index is 2.29. The molecule has 0 saturated carbocycles. The van der Waals surface area contributed by atoms with Crippen molar-refractivity contribution in [3.05, 3.63) is 12.3 Å². The molecule has 0 aromatic carbocycles. The summed E-state index contributed by atoms with van der Waals surface area (Å²) in [4.78, 5) is 10.8. The standard InChI is InChI=1S/C8H12O4/c1-6(9)8(10)12-7-4-2-3-5-11-7/h7,9H,1-5H2. The molecule has 0 aromatic rings. The Labute approximate surface area is 70.8 Å². The van der Waals surface area contributed by atoms with Crippen LogP contribution in [0.3, 0.4) is 0 Å². The topological polar surface area (TPSA) is 55.8 Å². The number of aliphatic hydroxyl groups excluding tert-OH is 1. The van der Waals surface area contributed by atoms with E-state index in [0.717, 1.165) is 12.8 Å². The van der Waals surface area contributed by atoms with Crippen molar-refractivity contribution in [2.24, 2.45) is 0 Å². The van der Waals surface area contributed by atoms with Crippen LogP contribution in [0, 0.1) is 0 Å². The van der Waals surface area contributed by atoms with E-state index in [1.165, 1.54) is 0 Å². The van der Waals surface area contributed by atoms with Gasteiger partial charge >= 0.3 is 5.97 Å². The van der Waals surface area contributed by atoms with Gasteiger partial charge in [0.1, 0.15) is 0 Å². The number of esters is 1. The third kappa shape index (κ3) is 2.54. The Morgan fingerprint density at radius 2 is 2.33 bits per heavy atom. The van der Waals surface area contributed by atoms with Gasteiger partial charge in [-0.15, -0.1) is 0 Å². The maximum Gasteiger partial charge on any atom is 0.375 e. The van der Waals surface area contributed by atoms with E-state index in [4.69, 9.17) is 14.6 Å². The molecule has 1 aliphatic heterocycles. The number of hydrogen-bond acceptors (Lipinski definition) is 4. The van der Waals surface area contributed by atoms with E-state index in [1.807, 2.05) is 0 Å². The minimum atomic E-state index is -0.804. The lowest BCUT2D eigenvalue weighted by Gasteiger charge is -2.21. The summed E-state index contributed by atoms with van der Waals surface area (Å²) < 4.78 is 9.85. The smallest absolute Gasteiger partial charge is 0.375 e. The Bertz CT molecular complexity index is 181. The highest BCUT2D eigenvalue weighted by Gasteiger charge is 2.19. The minimum Gasteiger partial charge on any atom is -0.502 e. The van der Waals surface area contributed by atoms with Crippen molar-refractivity contribution in [3.8, 4) is 0 Å². The molecular weight excluding hydrogens is 160 g/mol. The van der Waals surface area contributed by atoms with Crippen LogP contribution >= 0.6 is 0 Å². The zero-order valence-electron chi connectivity index (χ0n) is 6.78. The van der Waals surface area contributed by atoms with Crippen LogP contribution in [0.5, 0.6) is 0 Å². The predicted molar refractivity (Wildman–Crippen MR) is 41.5 cm³/mol. The highest BCUT2D eigenvalue weighted by Crippen LogP contribution is 2.14. The van der Waals surface area contributed by atoms with Crippen molar-refractivity contribution >= 4 is 5.97 Å². The van der Waals surface area contributed by atoms with E-state index in [0.29, 0.717) is 13.0 Å². The van der Waals surface area contributed by atoms with Crippen LogP contribution in [0.1, 0.15) is 19.3 Å². The second-order valence-electron chi connectivity index (χ2n) is 2.65. The zero-order chi connectivity index (χ0) is 8.97. The SMILES string of the molecule is C=C(O)C(=O)OC1CCCCO1. The summed E-state index contributed by atoms with van der Waals surface area (Å²) in [6, 6.07) is 0. The van der Waals surface area contributed by atoms with Crippen molar-refractivity contribution < 1.29 is 19.4 Å². The molecule has 1 rings (SSSR count). The average molecular weight is 172 g/mol. The number of hydrogen-bond donors (Lipinski definition) is 1. The fourth-order valence-electron chi connectivity index (χ4n) is 0.992. The minimum absolute atomic E-state index is 0.504. The van der Waals surface area contributed by atoms with Crippen molar-refractivity contribution in [1.29, 1.82) is 0 Å². The van der Waals surface area contributed by atoms with E-state index in [2.05, 4.69) is 6.58 Å². The zero-order valence-corrected chi connectivity index (χ0v) is 6.78. The molecule has 0 spiro atoms. The van der Waals surface area contributed by atoms with E-state index in [-0.39, 0.29) is 0 Å². The van der Waals surface area contributed by atoms with Crippen LogP contribution in [0.25, 0.3) is 0 Å². The van der Waals surface area contributed by atoms with Gasteiger partial charge < -0.3 is 14.6 Å². The average Bonchev–Trinajstić information content (AvgIpc) is 2.06. The predicted octanol–water partition coefficient (Wildman–Crippen LogP) is 1.13. The van der Waals surface area contributed by atoms with Crippen molar-refractivity contribution in [2.45, 2.75) is 25.6 Å². The fraction of sp³-hybridized carbons (Fsp3) is 0.625. The van der Waals surface area contributed by atoms with Crippen LogP contribution < -0.4 is 0 Å². The Morgan fingerprint density at radius 3 is 2.83 bits per heavy atom. The van der Waals surface area contributed by atoms with Gasteiger partial charge in [-0.3, -0.25) is 0 Å². The van der Waals surface area contributed by atoms with Crippen LogP contribution in [0.4, 0.5) is 0 Å². The molecule has 12 heavy (non-hydrogen) atoms. The third-order valence-electron chi connectivity index (χ3n) is 1.61. The molecule has 1 atom stereocenters. The van der Waals surface area contributed by atoms with Gasteiger partial charge in [0.15, 0.2) is 5.76 Å². The first-order chi connectivity index (χ1) is 5.70. The molecule has 1 heterocycles. The van der Waals surface area contributed by atoms with Gasteiger partial charge in [0, 0.05) is 6.42 Å². The lowest BCUT2D eigenvalue weighted by molar-refractivity contribution is -0.184. The molecule has 1 saturated heterocycles. The second-order valence-corrected chi connectivity index (χ2v) is 2.65. The quantitative estimate of drug-likeness (QED) is 0.385. The van der Waals surface area contributed by atoms with Crippen LogP contribution in [0.2, 0.25) is 0 Å². The molecule has 1 aliphatic rings. The highest BCUT2D eigenvalue weighted by molar-refractivity contribution is 5.84. The van der Waals surface area contributed by atoms with Crippen molar-refractivity contribution in [2.75, 3.05) is 6.61 Å². The van der Waals surface area contributed by atoms with E-state index in [9.17, 15) is 4.79 Å². The molecule has 1 fully saturated rings. The molecule has 0 radical (unpaired) electrons. The summed E-state index contributed by atoms with van der Waals surface area (Å²) in [6.45, 7) is 3.65. The fourth-order valence-corrected chi connectivity index (χ4v) is 0.992. The van der Waals surface area contributed by atoms with Gasteiger partial charge in [0.05, 0.1) is 6.61 Å². The molecule has 0 aromatic heterocycles. The molecule has 0 aliphatic carbocycles. The number of ether oxygens (including phenoxy) is 2. The van der Waals surface area contributed by atoms with Crippen molar-refractivity contribution in [3.63, 3.8) is 0 Å². The van der Waals surface area contributed by atoms with Gasteiger partial charge in [0.25, 0.3) is 0 Å². The first-order valence-electron chi connectivity index (χ1n) is 3.90. The van der Waals surface area contributed by atoms with Crippen LogP contribution in [-0.2, 0) is 14.3 Å². The number of carbonyl (C=O) groups is 1. The van der Waals surface area contributed by atoms with Crippen LogP contribution in [-0.4, -0.2) is 24.0 Å². The largest absolute Gasteiger partial charge is 0.502 e. The molecule has 1 unspecified atom stereocenters. The highest BCUT2D eigenvalue weighted by atomic mass is 16.7. The summed E-state index contributed by atoms with van der Waals surface area (Å²) >= 11 is 0. The monoisotopic (exact) mass is 172 g/mol. The molecule has 1 N–H and O–H groups in total. The van der Waals surface area contributed by atoms with Gasteiger partial charge in [-0.05, 0) is 19.4 Å². The van der Waals surface area contributed by atoms with E-state index < -0.39 is 18.0 Å². The summed E-state index contributed by atoms with van der Waals surface area (Å²) in [5.74, 6) is -1.38. The lowest BCUT2D eigenvalue weighted by Crippen LogP contribution is -2.25. The Kier molecular flexibility index (Phi) is 3.10. The summed E-state index contributed by atoms with van der Waals surface area (Å²) in [7, 11) is 0. The molecule has 0 amide bonds. The summed E-state index contributed by atoms with van der Waals surface area (Å²) in [5, 5.41) is 8.63. The van der Waals surface area contributed by atoms with E-state index in [1.54, 1.807) is 0 Å². The van der Waals surface area contributed by atoms with Gasteiger partial charge in [-0.2, -0.15) is 0 Å². The molecule has 4 heteroatoms. The Morgan fingerprint density at radius 1 is 1.58 bits per heavy atom. The van der Waals surface area contributed by atoms with Crippen molar-refractivity contribution in [1.82, 2.24) is 0 Å².